The third-order valence-corrected chi connectivity index (χ3v) is 11.6. The lowest BCUT2D eigenvalue weighted by molar-refractivity contribution is -0.137. The van der Waals surface area contributed by atoms with E-state index in [1.807, 2.05) is 0 Å². The van der Waals surface area contributed by atoms with E-state index < -0.39 is 0 Å². The number of hydrogen-bond acceptors (Lipinski definition) is 3. The van der Waals surface area contributed by atoms with Crippen LogP contribution < -0.4 is 0 Å². The van der Waals surface area contributed by atoms with E-state index in [-0.39, 0.29) is 11.4 Å². The Morgan fingerprint density at radius 2 is 1.91 bits per heavy atom. The number of ether oxygens (including phenoxy) is 1. The maximum absolute atomic E-state index is 11.5. The molecular weight excluding hydrogens is 394 g/mol. The molecule has 0 aromatic carbocycles. The van der Waals surface area contributed by atoms with E-state index in [0.717, 1.165) is 66.2 Å². The first-order chi connectivity index (χ1) is 15.2. The van der Waals surface area contributed by atoms with Gasteiger partial charge in [-0.3, -0.25) is 9.69 Å². The summed E-state index contributed by atoms with van der Waals surface area (Å²) in [6, 6.07) is 1.70. The first kappa shape index (κ1) is 21.4. The SMILES string of the molecule is CC(=O)OC1=CC2=CC[C@H]3[C@@H]4C[C@H]5[C@H]([C@H](C)[C@H]6CC[C@H](C)CN65)[C@@]4(C)CC[C@@H]3[C@@]2(C)CC1. The lowest BCUT2D eigenvalue weighted by Crippen LogP contribution is -2.50. The minimum absolute atomic E-state index is 0.181. The van der Waals surface area contributed by atoms with Crippen LogP contribution in [0.2, 0.25) is 0 Å². The van der Waals surface area contributed by atoms with E-state index in [0.29, 0.717) is 5.41 Å². The van der Waals surface area contributed by atoms with Gasteiger partial charge in [-0.1, -0.05) is 33.8 Å². The molecule has 0 amide bonds. The highest BCUT2D eigenvalue weighted by Crippen LogP contribution is 2.69. The van der Waals surface area contributed by atoms with E-state index in [9.17, 15) is 4.79 Å². The molecule has 0 spiro atoms. The molecule has 176 valence electrons. The summed E-state index contributed by atoms with van der Waals surface area (Å²) in [5.41, 5.74) is 2.25. The largest absolute Gasteiger partial charge is 0.431 e. The summed E-state index contributed by atoms with van der Waals surface area (Å²) < 4.78 is 5.50. The van der Waals surface area contributed by atoms with Crippen molar-refractivity contribution in [3.63, 3.8) is 0 Å². The van der Waals surface area contributed by atoms with Crippen molar-refractivity contribution in [2.24, 2.45) is 46.3 Å². The molecule has 2 aliphatic heterocycles. The quantitative estimate of drug-likeness (QED) is 0.448. The average molecular weight is 438 g/mol. The number of nitrogens with zero attached hydrogens (tertiary/aromatic N) is 1. The Bertz CT molecular complexity index is 874. The zero-order valence-corrected chi connectivity index (χ0v) is 20.9. The van der Waals surface area contributed by atoms with Crippen LogP contribution in [0.4, 0.5) is 0 Å². The Balaban J connectivity index is 1.30. The molecule has 0 N–H and O–H groups in total. The first-order valence-electron chi connectivity index (χ1n) is 13.6. The second-order valence-electron chi connectivity index (χ2n) is 13.1. The minimum atomic E-state index is -0.181. The summed E-state index contributed by atoms with van der Waals surface area (Å²) in [5.74, 6) is 5.86. The fourth-order valence-corrected chi connectivity index (χ4v) is 10.3. The third kappa shape index (κ3) is 2.85. The first-order valence-corrected chi connectivity index (χ1v) is 13.6. The van der Waals surface area contributed by atoms with E-state index in [1.54, 1.807) is 0 Å². The topological polar surface area (TPSA) is 29.5 Å². The Morgan fingerprint density at radius 1 is 1.09 bits per heavy atom. The van der Waals surface area contributed by atoms with Gasteiger partial charge in [0.2, 0.25) is 0 Å². The zero-order valence-electron chi connectivity index (χ0n) is 20.9. The highest BCUT2D eigenvalue weighted by atomic mass is 16.5. The molecule has 0 radical (unpaired) electrons. The van der Waals surface area contributed by atoms with E-state index >= 15 is 0 Å². The fourth-order valence-electron chi connectivity index (χ4n) is 10.3. The number of carbonyl (C=O) groups excluding carboxylic acids is 1. The summed E-state index contributed by atoms with van der Waals surface area (Å²) in [7, 11) is 0. The summed E-state index contributed by atoms with van der Waals surface area (Å²) in [6.07, 6.45) is 15.2. The van der Waals surface area contributed by atoms with Gasteiger partial charge in [-0.05, 0) is 103 Å². The van der Waals surface area contributed by atoms with Crippen LogP contribution in [0, 0.1) is 46.3 Å². The van der Waals surface area contributed by atoms with Crippen molar-refractivity contribution in [1.82, 2.24) is 4.90 Å². The van der Waals surface area contributed by atoms with Gasteiger partial charge in [0.1, 0.15) is 5.76 Å². The van der Waals surface area contributed by atoms with Gasteiger partial charge in [0, 0.05) is 32.0 Å². The van der Waals surface area contributed by atoms with Crippen LogP contribution in [0.3, 0.4) is 0 Å². The predicted octanol–water partition coefficient (Wildman–Crippen LogP) is 6.35. The van der Waals surface area contributed by atoms with Crippen LogP contribution in [0.15, 0.2) is 23.5 Å². The van der Waals surface area contributed by atoms with Crippen molar-refractivity contribution in [2.75, 3.05) is 6.54 Å². The lowest BCUT2D eigenvalue weighted by atomic mass is 9.47. The van der Waals surface area contributed by atoms with Crippen molar-refractivity contribution >= 4 is 5.97 Å². The van der Waals surface area contributed by atoms with Crippen LogP contribution >= 0.6 is 0 Å². The van der Waals surface area contributed by atoms with E-state index in [2.05, 4.69) is 44.7 Å². The van der Waals surface area contributed by atoms with E-state index in [1.165, 1.54) is 57.6 Å². The molecule has 0 unspecified atom stereocenters. The molecular formula is C29H43NO2. The number of carbonyl (C=O) groups is 1. The monoisotopic (exact) mass is 437 g/mol. The molecule has 2 saturated carbocycles. The van der Waals surface area contributed by atoms with Gasteiger partial charge in [0.05, 0.1) is 0 Å². The summed E-state index contributed by atoms with van der Waals surface area (Å²) in [5, 5.41) is 0. The van der Waals surface area contributed by atoms with Crippen molar-refractivity contribution in [3.8, 4) is 0 Å². The number of allylic oxidation sites excluding steroid dienone is 4. The number of rotatable bonds is 1. The second-order valence-corrected chi connectivity index (χ2v) is 13.1. The molecule has 2 heterocycles. The van der Waals surface area contributed by atoms with Crippen molar-refractivity contribution in [2.45, 2.75) is 98.1 Å². The predicted molar refractivity (Wildman–Crippen MR) is 128 cm³/mol. The molecule has 32 heavy (non-hydrogen) atoms. The molecule has 6 rings (SSSR count). The molecule has 2 saturated heterocycles. The van der Waals surface area contributed by atoms with Crippen LogP contribution in [0.5, 0.6) is 0 Å². The average Bonchev–Trinajstić information content (AvgIpc) is 3.20. The van der Waals surface area contributed by atoms with Crippen molar-refractivity contribution in [1.29, 1.82) is 0 Å². The Labute approximate surface area is 195 Å². The maximum atomic E-state index is 11.5. The van der Waals surface area contributed by atoms with Crippen LogP contribution in [-0.4, -0.2) is 29.5 Å². The van der Waals surface area contributed by atoms with Gasteiger partial charge < -0.3 is 4.74 Å². The van der Waals surface area contributed by atoms with Crippen LogP contribution in [0.25, 0.3) is 0 Å². The molecule has 0 aromatic rings. The van der Waals surface area contributed by atoms with Crippen LogP contribution in [-0.2, 0) is 9.53 Å². The van der Waals surface area contributed by atoms with Gasteiger partial charge in [-0.15, -0.1) is 0 Å². The zero-order chi connectivity index (χ0) is 22.4. The standard InChI is InChI=1S/C29H43NO2/c1-17-6-9-25-18(2)27-26(30(25)16-17)15-24-22-8-7-20-14-21(32-19(3)31)10-12-28(20,4)23(22)11-13-29(24,27)5/h7,14,17-18,22-27H,6,8-13,15-16H2,1-5H3/t17-,18+,22+,23-,24-,25+,26-,27-,28-,29-/m0/s1. The molecule has 4 fully saturated rings. The van der Waals surface area contributed by atoms with Gasteiger partial charge in [0.25, 0.3) is 0 Å². The normalized spacial score (nSPS) is 52.0. The lowest BCUT2D eigenvalue weighted by Gasteiger charge is -2.57. The molecule has 10 atom stereocenters. The van der Waals surface area contributed by atoms with Gasteiger partial charge in [0.15, 0.2) is 0 Å². The van der Waals surface area contributed by atoms with Gasteiger partial charge >= 0.3 is 5.97 Å². The third-order valence-electron chi connectivity index (χ3n) is 11.6. The Kier molecular flexibility index (Phi) is 4.83. The second kappa shape index (κ2) is 7.20. The summed E-state index contributed by atoms with van der Waals surface area (Å²) in [6.45, 7) is 13.2. The Morgan fingerprint density at radius 3 is 2.69 bits per heavy atom. The molecule has 6 aliphatic rings. The fraction of sp³-hybridized carbons (Fsp3) is 0.828. The van der Waals surface area contributed by atoms with Gasteiger partial charge in [-0.25, -0.2) is 0 Å². The van der Waals surface area contributed by atoms with Crippen molar-refractivity contribution < 1.29 is 9.53 Å². The smallest absolute Gasteiger partial charge is 0.307 e. The minimum Gasteiger partial charge on any atom is -0.431 e. The van der Waals surface area contributed by atoms with Gasteiger partial charge in [-0.2, -0.15) is 0 Å². The molecule has 3 nitrogen and oxygen atoms in total. The van der Waals surface area contributed by atoms with Crippen molar-refractivity contribution in [3.05, 3.63) is 23.5 Å². The number of fused-ring (bicyclic) bond motifs is 9. The summed E-state index contributed by atoms with van der Waals surface area (Å²) in [4.78, 5) is 14.5. The summed E-state index contributed by atoms with van der Waals surface area (Å²) >= 11 is 0. The van der Waals surface area contributed by atoms with E-state index in [4.69, 9.17) is 4.74 Å². The number of esters is 1. The molecule has 0 aromatic heterocycles. The maximum Gasteiger partial charge on any atom is 0.307 e. The Hall–Kier alpha value is -1.09. The number of piperidine rings is 1. The molecule has 0 bridgehead atoms. The van der Waals surface area contributed by atoms with Crippen LogP contribution in [0.1, 0.15) is 86.0 Å². The highest BCUT2D eigenvalue weighted by molar-refractivity contribution is 5.67. The molecule has 4 aliphatic carbocycles. The number of hydrogen-bond donors (Lipinski definition) is 0. The molecule has 3 heteroatoms. The highest BCUT2D eigenvalue weighted by Gasteiger charge is 2.66.